The standard InChI is InChI=1S/C11H23NO/c1-3-5-10(12)11(13)7-4-6-9(2)8-11/h9-10,13H,3-8,12H2,1-2H3. The minimum Gasteiger partial charge on any atom is -0.388 e. The lowest BCUT2D eigenvalue weighted by Crippen LogP contribution is -2.50. The summed E-state index contributed by atoms with van der Waals surface area (Å²) >= 11 is 0. The van der Waals surface area contributed by atoms with E-state index in [-0.39, 0.29) is 6.04 Å². The molecule has 3 unspecified atom stereocenters. The van der Waals surface area contributed by atoms with Crippen LogP contribution in [0.25, 0.3) is 0 Å². The van der Waals surface area contributed by atoms with Crippen molar-refractivity contribution in [2.75, 3.05) is 0 Å². The van der Waals surface area contributed by atoms with Crippen molar-refractivity contribution >= 4 is 0 Å². The molecule has 2 nitrogen and oxygen atoms in total. The molecule has 3 N–H and O–H groups in total. The van der Waals surface area contributed by atoms with E-state index in [2.05, 4.69) is 13.8 Å². The molecular weight excluding hydrogens is 162 g/mol. The molecule has 0 aromatic carbocycles. The smallest absolute Gasteiger partial charge is 0.0800 e. The topological polar surface area (TPSA) is 46.2 Å². The maximum absolute atomic E-state index is 10.3. The van der Waals surface area contributed by atoms with Crippen molar-refractivity contribution in [3.05, 3.63) is 0 Å². The maximum Gasteiger partial charge on any atom is 0.0800 e. The molecule has 78 valence electrons. The predicted octanol–water partition coefficient (Wildman–Crippen LogP) is 2.05. The summed E-state index contributed by atoms with van der Waals surface area (Å²) in [5.41, 5.74) is 5.44. The fourth-order valence-corrected chi connectivity index (χ4v) is 2.48. The van der Waals surface area contributed by atoms with Gasteiger partial charge in [-0.05, 0) is 25.2 Å². The Bertz CT molecular complexity index is 160. The van der Waals surface area contributed by atoms with Crippen molar-refractivity contribution in [1.82, 2.24) is 0 Å². The number of hydrogen-bond acceptors (Lipinski definition) is 2. The molecule has 0 aliphatic heterocycles. The molecule has 0 spiro atoms. The molecule has 1 rings (SSSR count). The molecule has 3 atom stereocenters. The summed E-state index contributed by atoms with van der Waals surface area (Å²) in [5, 5.41) is 10.3. The molecule has 0 radical (unpaired) electrons. The highest BCUT2D eigenvalue weighted by atomic mass is 16.3. The van der Waals surface area contributed by atoms with Gasteiger partial charge in [0.25, 0.3) is 0 Å². The van der Waals surface area contributed by atoms with Crippen molar-refractivity contribution in [3.8, 4) is 0 Å². The average molecular weight is 185 g/mol. The van der Waals surface area contributed by atoms with Gasteiger partial charge in [0.2, 0.25) is 0 Å². The largest absolute Gasteiger partial charge is 0.388 e. The normalized spacial score (nSPS) is 37.4. The third-order valence-corrected chi connectivity index (χ3v) is 3.30. The van der Waals surface area contributed by atoms with Crippen LogP contribution in [0, 0.1) is 5.92 Å². The third-order valence-electron chi connectivity index (χ3n) is 3.30. The summed E-state index contributed by atoms with van der Waals surface area (Å²) in [7, 11) is 0. The van der Waals surface area contributed by atoms with Crippen molar-refractivity contribution in [1.29, 1.82) is 0 Å². The lowest BCUT2D eigenvalue weighted by Gasteiger charge is -2.39. The molecule has 0 aromatic heterocycles. The van der Waals surface area contributed by atoms with E-state index >= 15 is 0 Å². The van der Waals surface area contributed by atoms with Crippen LogP contribution < -0.4 is 5.73 Å². The minimum absolute atomic E-state index is 0.0137. The van der Waals surface area contributed by atoms with E-state index in [0.717, 1.165) is 32.1 Å². The van der Waals surface area contributed by atoms with Crippen LogP contribution in [0.5, 0.6) is 0 Å². The first-order valence-corrected chi connectivity index (χ1v) is 5.56. The van der Waals surface area contributed by atoms with E-state index < -0.39 is 5.60 Å². The molecule has 2 heteroatoms. The van der Waals surface area contributed by atoms with Gasteiger partial charge in [-0.15, -0.1) is 0 Å². The SMILES string of the molecule is CCCC(N)C1(O)CCCC(C)C1. The van der Waals surface area contributed by atoms with Crippen LogP contribution in [0.1, 0.15) is 52.4 Å². The number of hydrogen-bond donors (Lipinski definition) is 2. The van der Waals surface area contributed by atoms with Crippen LogP contribution >= 0.6 is 0 Å². The summed E-state index contributed by atoms with van der Waals surface area (Å²) in [6, 6.07) is -0.0137. The number of rotatable bonds is 3. The molecule has 0 heterocycles. The van der Waals surface area contributed by atoms with Gasteiger partial charge in [-0.25, -0.2) is 0 Å². The van der Waals surface area contributed by atoms with Crippen LogP contribution in [-0.4, -0.2) is 16.7 Å². The number of aliphatic hydroxyl groups is 1. The Balaban J connectivity index is 2.52. The van der Waals surface area contributed by atoms with E-state index in [1.54, 1.807) is 0 Å². The van der Waals surface area contributed by atoms with Crippen LogP contribution in [-0.2, 0) is 0 Å². The zero-order chi connectivity index (χ0) is 9.90. The Morgan fingerprint density at radius 1 is 1.62 bits per heavy atom. The lowest BCUT2D eigenvalue weighted by molar-refractivity contribution is -0.0366. The van der Waals surface area contributed by atoms with E-state index in [4.69, 9.17) is 5.73 Å². The summed E-state index contributed by atoms with van der Waals surface area (Å²) in [6.07, 6.45) is 6.20. The fourth-order valence-electron chi connectivity index (χ4n) is 2.48. The Morgan fingerprint density at radius 2 is 2.31 bits per heavy atom. The molecule has 0 bridgehead atoms. The second kappa shape index (κ2) is 4.43. The third kappa shape index (κ3) is 2.68. The highest BCUT2D eigenvalue weighted by molar-refractivity contribution is 4.93. The maximum atomic E-state index is 10.3. The quantitative estimate of drug-likeness (QED) is 0.707. The van der Waals surface area contributed by atoms with Crippen molar-refractivity contribution in [2.24, 2.45) is 11.7 Å². The summed E-state index contributed by atoms with van der Waals surface area (Å²) in [6.45, 7) is 4.33. The van der Waals surface area contributed by atoms with Gasteiger partial charge in [0, 0.05) is 6.04 Å². The van der Waals surface area contributed by atoms with Crippen LogP contribution in [0.4, 0.5) is 0 Å². The van der Waals surface area contributed by atoms with E-state index in [1.165, 1.54) is 6.42 Å². The van der Waals surface area contributed by atoms with Crippen molar-refractivity contribution in [3.63, 3.8) is 0 Å². The first-order valence-electron chi connectivity index (χ1n) is 5.56. The molecular formula is C11H23NO. The Labute approximate surface area is 81.5 Å². The van der Waals surface area contributed by atoms with E-state index in [9.17, 15) is 5.11 Å². The van der Waals surface area contributed by atoms with Gasteiger partial charge in [-0.2, -0.15) is 0 Å². The van der Waals surface area contributed by atoms with Gasteiger partial charge in [-0.1, -0.05) is 33.1 Å². The molecule has 0 aromatic rings. The summed E-state index contributed by atoms with van der Waals surface area (Å²) in [5.74, 6) is 0.640. The van der Waals surface area contributed by atoms with Gasteiger partial charge in [-0.3, -0.25) is 0 Å². The van der Waals surface area contributed by atoms with Crippen LogP contribution in [0.3, 0.4) is 0 Å². The molecule has 1 saturated carbocycles. The summed E-state index contributed by atoms with van der Waals surface area (Å²) < 4.78 is 0. The van der Waals surface area contributed by atoms with Gasteiger partial charge in [0.05, 0.1) is 5.60 Å². The zero-order valence-corrected chi connectivity index (χ0v) is 8.92. The molecule has 1 fully saturated rings. The molecule has 0 saturated heterocycles. The first kappa shape index (κ1) is 11.0. The lowest BCUT2D eigenvalue weighted by atomic mass is 9.74. The first-order chi connectivity index (χ1) is 6.08. The summed E-state index contributed by atoms with van der Waals surface area (Å²) in [4.78, 5) is 0. The van der Waals surface area contributed by atoms with Gasteiger partial charge in [0.1, 0.15) is 0 Å². The van der Waals surface area contributed by atoms with E-state index in [1.807, 2.05) is 0 Å². The predicted molar refractivity (Wildman–Crippen MR) is 55.5 cm³/mol. The highest BCUT2D eigenvalue weighted by Crippen LogP contribution is 2.34. The highest BCUT2D eigenvalue weighted by Gasteiger charge is 2.37. The van der Waals surface area contributed by atoms with Gasteiger partial charge < -0.3 is 10.8 Å². The van der Waals surface area contributed by atoms with E-state index in [0.29, 0.717) is 5.92 Å². The zero-order valence-electron chi connectivity index (χ0n) is 8.92. The van der Waals surface area contributed by atoms with Crippen molar-refractivity contribution in [2.45, 2.75) is 64.0 Å². The monoisotopic (exact) mass is 185 g/mol. The molecule has 1 aliphatic rings. The van der Waals surface area contributed by atoms with Gasteiger partial charge in [0.15, 0.2) is 0 Å². The molecule has 13 heavy (non-hydrogen) atoms. The average Bonchev–Trinajstić information content (AvgIpc) is 2.04. The second-order valence-electron chi connectivity index (χ2n) is 4.70. The van der Waals surface area contributed by atoms with Crippen molar-refractivity contribution < 1.29 is 5.11 Å². The Kier molecular flexibility index (Phi) is 3.74. The second-order valence-corrected chi connectivity index (χ2v) is 4.70. The van der Waals surface area contributed by atoms with Crippen LogP contribution in [0.15, 0.2) is 0 Å². The number of nitrogens with two attached hydrogens (primary N) is 1. The molecule has 0 amide bonds. The Morgan fingerprint density at radius 3 is 2.85 bits per heavy atom. The van der Waals surface area contributed by atoms with Gasteiger partial charge >= 0.3 is 0 Å². The van der Waals surface area contributed by atoms with Crippen LogP contribution in [0.2, 0.25) is 0 Å². The Hall–Kier alpha value is -0.0800. The minimum atomic E-state index is -0.562. The fraction of sp³-hybridized carbons (Fsp3) is 1.00. The molecule has 1 aliphatic carbocycles.